The zero-order valence-corrected chi connectivity index (χ0v) is 14.4. The number of morpholine rings is 1. The topological polar surface area (TPSA) is 82.7 Å². The van der Waals surface area contributed by atoms with Gasteiger partial charge in [0.25, 0.3) is 0 Å². The highest BCUT2D eigenvalue weighted by Crippen LogP contribution is 2.30. The minimum absolute atomic E-state index is 0. The van der Waals surface area contributed by atoms with Crippen LogP contribution in [0, 0.1) is 0 Å². The number of nitrogens with one attached hydrogen (secondary N) is 3. The maximum absolute atomic E-state index is 12.2. The summed E-state index contributed by atoms with van der Waals surface area (Å²) in [6.45, 7) is 4.83. The van der Waals surface area contributed by atoms with Crippen LogP contribution in [0.5, 0.6) is 0 Å². The lowest BCUT2D eigenvalue weighted by molar-refractivity contribution is -0.120. The smallest absolute Gasteiger partial charge is 0.321 e. The van der Waals surface area contributed by atoms with Crippen molar-refractivity contribution in [2.75, 3.05) is 43.1 Å². The number of amides is 3. The first-order valence-corrected chi connectivity index (χ1v) is 7.99. The SMILES string of the molecule is CCNC(=O)N1CCc2ccc(NC(=O)C3COCCN3)cc21.Cl. The third-order valence-electron chi connectivity index (χ3n) is 4.06. The molecular formula is C16H23ClN4O3. The van der Waals surface area contributed by atoms with Crippen LogP contribution in [0.3, 0.4) is 0 Å². The van der Waals surface area contributed by atoms with E-state index in [0.29, 0.717) is 38.5 Å². The predicted molar refractivity (Wildman–Crippen MR) is 95.1 cm³/mol. The second-order valence-corrected chi connectivity index (χ2v) is 5.65. The fraction of sp³-hybridized carbons (Fsp3) is 0.500. The first kappa shape index (κ1) is 18.5. The fourth-order valence-electron chi connectivity index (χ4n) is 2.88. The van der Waals surface area contributed by atoms with Crippen molar-refractivity contribution in [2.24, 2.45) is 0 Å². The molecule has 8 heteroatoms. The summed E-state index contributed by atoms with van der Waals surface area (Å²) >= 11 is 0. The number of anilines is 2. The maximum atomic E-state index is 12.2. The number of benzene rings is 1. The van der Waals surface area contributed by atoms with Gasteiger partial charge in [0.15, 0.2) is 0 Å². The average molecular weight is 355 g/mol. The number of fused-ring (bicyclic) bond motifs is 1. The van der Waals surface area contributed by atoms with Crippen LogP contribution in [0.1, 0.15) is 12.5 Å². The monoisotopic (exact) mass is 354 g/mol. The van der Waals surface area contributed by atoms with Crippen molar-refractivity contribution in [2.45, 2.75) is 19.4 Å². The molecule has 3 rings (SSSR count). The number of urea groups is 1. The highest BCUT2D eigenvalue weighted by Gasteiger charge is 2.26. The quantitative estimate of drug-likeness (QED) is 0.760. The molecule has 0 saturated carbocycles. The molecule has 1 aromatic rings. The van der Waals surface area contributed by atoms with Gasteiger partial charge >= 0.3 is 6.03 Å². The number of hydrogen-bond acceptors (Lipinski definition) is 4. The lowest BCUT2D eigenvalue weighted by Gasteiger charge is -2.23. The summed E-state index contributed by atoms with van der Waals surface area (Å²) in [5, 5.41) is 8.83. The van der Waals surface area contributed by atoms with Gasteiger partial charge in [-0.3, -0.25) is 9.69 Å². The van der Waals surface area contributed by atoms with Gasteiger partial charge in [0, 0.05) is 25.3 Å². The van der Waals surface area contributed by atoms with Crippen LogP contribution in [-0.4, -0.2) is 50.8 Å². The van der Waals surface area contributed by atoms with Crippen LogP contribution in [-0.2, 0) is 16.0 Å². The molecule has 24 heavy (non-hydrogen) atoms. The molecule has 1 aromatic carbocycles. The Labute approximate surface area is 147 Å². The minimum Gasteiger partial charge on any atom is -0.378 e. The van der Waals surface area contributed by atoms with Crippen LogP contribution in [0.25, 0.3) is 0 Å². The number of halogens is 1. The summed E-state index contributed by atoms with van der Waals surface area (Å²) < 4.78 is 5.31. The number of carbonyl (C=O) groups excluding carboxylic acids is 2. The second kappa shape index (κ2) is 8.32. The summed E-state index contributed by atoms with van der Waals surface area (Å²) in [6.07, 6.45) is 0.832. The average Bonchev–Trinajstić information content (AvgIpc) is 2.99. The number of carbonyl (C=O) groups is 2. The van der Waals surface area contributed by atoms with Crippen molar-refractivity contribution in [1.82, 2.24) is 10.6 Å². The normalized spacial score (nSPS) is 19.2. The van der Waals surface area contributed by atoms with Crippen LogP contribution in [0.4, 0.5) is 16.2 Å². The highest BCUT2D eigenvalue weighted by molar-refractivity contribution is 5.98. The van der Waals surface area contributed by atoms with Crippen molar-refractivity contribution in [3.8, 4) is 0 Å². The van der Waals surface area contributed by atoms with Crippen LogP contribution in [0.15, 0.2) is 18.2 Å². The lowest BCUT2D eigenvalue weighted by atomic mass is 10.1. The highest BCUT2D eigenvalue weighted by atomic mass is 35.5. The Morgan fingerprint density at radius 3 is 2.96 bits per heavy atom. The zero-order chi connectivity index (χ0) is 16.2. The van der Waals surface area contributed by atoms with Crippen LogP contribution in [0.2, 0.25) is 0 Å². The molecule has 2 aliphatic heterocycles. The fourth-order valence-corrected chi connectivity index (χ4v) is 2.88. The molecule has 0 aliphatic carbocycles. The third-order valence-corrected chi connectivity index (χ3v) is 4.06. The van der Waals surface area contributed by atoms with Crippen LogP contribution >= 0.6 is 12.4 Å². The molecule has 3 amide bonds. The van der Waals surface area contributed by atoms with Gasteiger partial charge in [0.05, 0.1) is 18.9 Å². The molecule has 1 fully saturated rings. The van der Waals surface area contributed by atoms with Crippen molar-refractivity contribution >= 4 is 35.7 Å². The number of ether oxygens (including phenoxy) is 1. The van der Waals surface area contributed by atoms with Crippen molar-refractivity contribution < 1.29 is 14.3 Å². The number of hydrogen-bond donors (Lipinski definition) is 3. The molecule has 0 radical (unpaired) electrons. The Bertz CT molecular complexity index is 605. The van der Waals surface area contributed by atoms with Gasteiger partial charge in [-0.25, -0.2) is 4.79 Å². The largest absolute Gasteiger partial charge is 0.378 e. The van der Waals surface area contributed by atoms with E-state index >= 15 is 0 Å². The molecule has 7 nitrogen and oxygen atoms in total. The van der Waals surface area contributed by atoms with Crippen molar-refractivity contribution in [1.29, 1.82) is 0 Å². The van der Waals surface area contributed by atoms with E-state index in [0.717, 1.165) is 17.7 Å². The molecule has 2 heterocycles. The summed E-state index contributed by atoms with van der Waals surface area (Å²) in [4.78, 5) is 26.0. The van der Waals surface area contributed by atoms with Crippen molar-refractivity contribution in [3.63, 3.8) is 0 Å². The van der Waals surface area contributed by atoms with Gasteiger partial charge in [-0.15, -0.1) is 12.4 Å². The van der Waals surface area contributed by atoms with Gasteiger partial charge in [0.2, 0.25) is 5.91 Å². The van der Waals surface area contributed by atoms with Crippen molar-refractivity contribution in [3.05, 3.63) is 23.8 Å². The Morgan fingerprint density at radius 2 is 2.25 bits per heavy atom. The molecule has 2 aliphatic rings. The maximum Gasteiger partial charge on any atom is 0.321 e. The predicted octanol–water partition coefficient (Wildman–Crippen LogP) is 1.13. The second-order valence-electron chi connectivity index (χ2n) is 5.65. The third kappa shape index (κ3) is 3.98. The Morgan fingerprint density at radius 1 is 1.42 bits per heavy atom. The zero-order valence-electron chi connectivity index (χ0n) is 13.6. The lowest BCUT2D eigenvalue weighted by Crippen LogP contribution is -2.48. The molecule has 0 aromatic heterocycles. The van der Waals surface area contributed by atoms with E-state index in [-0.39, 0.29) is 30.4 Å². The standard InChI is InChI=1S/C16H22N4O3.ClH/c1-2-17-16(22)20-7-5-11-3-4-12(9-14(11)20)19-15(21)13-10-23-8-6-18-13;/h3-4,9,13,18H,2,5-8,10H2,1H3,(H,17,22)(H,19,21);1H. The molecule has 0 bridgehead atoms. The van der Waals surface area contributed by atoms with E-state index in [4.69, 9.17) is 4.74 Å². The number of rotatable bonds is 3. The Hall–Kier alpha value is -1.83. The summed E-state index contributed by atoms with van der Waals surface area (Å²) in [6, 6.07) is 5.27. The molecule has 1 unspecified atom stereocenters. The molecular weight excluding hydrogens is 332 g/mol. The number of nitrogens with zero attached hydrogens (tertiary/aromatic N) is 1. The Balaban J connectivity index is 0.00000208. The van der Waals surface area contributed by atoms with Gasteiger partial charge in [-0.1, -0.05) is 6.07 Å². The summed E-state index contributed by atoms with van der Waals surface area (Å²) in [7, 11) is 0. The van der Waals surface area contributed by atoms with Crippen LogP contribution < -0.4 is 20.9 Å². The molecule has 3 N–H and O–H groups in total. The van der Waals surface area contributed by atoms with E-state index < -0.39 is 0 Å². The first-order valence-electron chi connectivity index (χ1n) is 7.99. The molecule has 132 valence electrons. The van der Waals surface area contributed by atoms with E-state index in [1.807, 2.05) is 25.1 Å². The van der Waals surface area contributed by atoms with Gasteiger partial charge in [-0.05, 0) is 31.0 Å². The first-order chi connectivity index (χ1) is 11.2. The summed E-state index contributed by atoms with van der Waals surface area (Å²) in [5.41, 5.74) is 2.67. The van der Waals surface area contributed by atoms with E-state index in [1.165, 1.54) is 0 Å². The van der Waals surface area contributed by atoms with E-state index in [2.05, 4.69) is 16.0 Å². The molecule has 0 spiro atoms. The molecule has 1 atom stereocenters. The van der Waals surface area contributed by atoms with E-state index in [9.17, 15) is 9.59 Å². The minimum atomic E-state index is -0.337. The molecule has 1 saturated heterocycles. The van der Waals surface area contributed by atoms with Gasteiger partial charge < -0.3 is 20.7 Å². The summed E-state index contributed by atoms with van der Waals surface area (Å²) in [5.74, 6) is -0.118. The van der Waals surface area contributed by atoms with Gasteiger partial charge in [0.1, 0.15) is 6.04 Å². The van der Waals surface area contributed by atoms with E-state index in [1.54, 1.807) is 4.90 Å². The Kier molecular flexibility index (Phi) is 6.42. The van der Waals surface area contributed by atoms with Gasteiger partial charge in [-0.2, -0.15) is 0 Å².